The second kappa shape index (κ2) is 12.5. The van der Waals surface area contributed by atoms with E-state index in [1.165, 1.54) is 36.9 Å². The molecule has 3 atom stereocenters. The average molecular weight is 688 g/mol. The van der Waals surface area contributed by atoms with Gasteiger partial charge in [-0.1, -0.05) is 127 Å². The van der Waals surface area contributed by atoms with Crippen LogP contribution in [0.3, 0.4) is 0 Å². The SMILES string of the molecule is N#Cc1ccc2c(c1)c1ccc(-c3cccc4c3sc3ccccc34)cc1n2C1C=CC(C2=NC(c3ccccc3)NC(c3ccccc3)N2)=CC1. The molecule has 2 N–H and O–H groups in total. The molecule has 0 spiro atoms. The highest BCUT2D eigenvalue weighted by atomic mass is 32.1. The number of thiophene rings is 1. The Bertz CT molecular complexity index is 2800. The molecule has 52 heavy (non-hydrogen) atoms. The van der Waals surface area contributed by atoms with Gasteiger partial charge in [-0.3, -0.25) is 5.32 Å². The van der Waals surface area contributed by atoms with E-state index in [1.807, 2.05) is 35.6 Å². The van der Waals surface area contributed by atoms with E-state index in [2.05, 4.69) is 155 Å². The largest absolute Gasteiger partial charge is 0.350 e. The Morgan fingerprint density at radius 2 is 1.50 bits per heavy atom. The first-order valence-electron chi connectivity index (χ1n) is 17.7. The van der Waals surface area contributed by atoms with E-state index >= 15 is 0 Å². The van der Waals surface area contributed by atoms with Gasteiger partial charge in [0, 0.05) is 42.0 Å². The number of rotatable bonds is 5. The van der Waals surface area contributed by atoms with Crippen molar-refractivity contribution >= 4 is 59.2 Å². The molecule has 3 unspecified atom stereocenters. The van der Waals surface area contributed by atoms with Crippen LogP contribution in [-0.2, 0) is 0 Å². The molecule has 1 aliphatic heterocycles. The summed E-state index contributed by atoms with van der Waals surface area (Å²) < 4.78 is 5.07. The summed E-state index contributed by atoms with van der Waals surface area (Å²) >= 11 is 1.86. The Kier molecular flexibility index (Phi) is 7.35. The highest BCUT2D eigenvalue weighted by Crippen LogP contribution is 2.42. The average Bonchev–Trinajstić information content (AvgIpc) is 3.76. The van der Waals surface area contributed by atoms with Gasteiger partial charge in [-0.25, -0.2) is 4.99 Å². The van der Waals surface area contributed by atoms with Gasteiger partial charge >= 0.3 is 0 Å². The summed E-state index contributed by atoms with van der Waals surface area (Å²) in [4.78, 5) is 5.18. The smallest absolute Gasteiger partial charge is 0.131 e. The predicted octanol–water partition coefficient (Wildman–Crippen LogP) is 11.1. The van der Waals surface area contributed by atoms with Crippen LogP contribution in [0.4, 0.5) is 0 Å². The van der Waals surface area contributed by atoms with Gasteiger partial charge in [-0.2, -0.15) is 5.26 Å². The minimum atomic E-state index is -0.176. The van der Waals surface area contributed by atoms with E-state index in [9.17, 15) is 5.26 Å². The lowest BCUT2D eigenvalue weighted by atomic mass is 9.99. The molecule has 8 aromatic rings. The van der Waals surface area contributed by atoms with Crippen molar-refractivity contribution in [1.82, 2.24) is 15.2 Å². The Balaban J connectivity index is 1.06. The fraction of sp³-hybridized carbons (Fsp3) is 0.0870. The Labute approximate surface area is 305 Å². The summed E-state index contributed by atoms with van der Waals surface area (Å²) in [6.07, 6.45) is 7.40. The highest BCUT2D eigenvalue weighted by molar-refractivity contribution is 7.26. The molecule has 6 heteroatoms. The van der Waals surface area contributed by atoms with Gasteiger partial charge in [-0.15, -0.1) is 11.3 Å². The highest BCUT2D eigenvalue weighted by Gasteiger charge is 2.27. The molecule has 1 aliphatic carbocycles. The van der Waals surface area contributed by atoms with Crippen LogP contribution in [0.5, 0.6) is 0 Å². The molecule has 248 valence electrons. The number of nitrogens with one attached hydrogen (secondary N) is 2. The number of fused-ring (bicyclic) bond motifs is 6. The van der Waals surface area contributed by atoms with Gasteiger partial charge in [0.2, 0.25) is 0 Å². The molecule has 0 saturated carbocycles. The molecule has 10 rings (SSSR count). The minimum absolute atomic E-state index is 0.0820. The second-order valence-corrected chi connectivity index (χ2v) is 14.5. The lowest BCUT2D eigenvalue weighted by molar-refractivity contribution is 0.409. The summed E-state index contributed by atoms with van der Waals surface area (Å²) in [5.41, 5.74) is 8.78. The van der Waals surface area contributed by atoms with Gasteiger partial charge in [0.25, 0.3) is 0 Å². The Hall–Kier alpha value is -6.26. The van der Waals surface area contributed by atoms with Crippen LogP contribution in [0.15, 0.2) is 168 Å². The van der Waals surface area contributed by atoms with Gasteiger partial charge in [0.05, 0.1) is 23.2 Å². The molecule has 6 aromatic carbocycles. The summed E-state index contributed by atoms with van der Waals surface area (Å²) in [7, 11) is 0. The van der Waals surface area contributed by atoms with Gasteiger partial charge in [-0.05, 0) is 59.0 Å². The van der Waals surface area contributed by atoms with Crippen molar-refractivity contribution < 1.29 is 0 Å². The number of nitrogens with zero attached hydrogens (tertiary/aromatic N) is 3. The fourth-order valence-electron chi connectivity index (χ4n) is 7.92. The Morgan fingerprint density at radius 3 is 2.31 bits per heavy atom. The van der Waals surface area contributed by atoms with Gasteiger partial charge < -0.3 is 9.88 Å². The number of allylic oxidation sites excluding steroid dienone is 2. The standard InChI is InChI=1S/C46H33N5S/c47-28-29-18-25-40-39(26-29)36-24-21-33(35-15-9-16-38-37-14-7-8-17-42(37)52-43(35)38)27-41(36)51(40)34-22-19-32(20-23-34)46-49-44(30-10-3-1-4-11-30)48-45(50-46)31-12-5-2-6-13-31/h1-22,24-27,34,44-45,48H,23H2,(H,49,50). The van der Waals surface area contributed by atoms with Crippen molar-refractivity contribution in [3.8, 4) is 17.2 Å². The fourth-order valence-corrected chi connectivity index (χ4v) is 9.16. The first kappa shape index (κ1) is 30.6. The second-order valence-electron chi connectivity index (χ2n) is 13.5. The monoisotopic (exact) mass is 687 g/mol. The maximum atomic E-state index is 9.82. The lowest BCUT2D eigenvalue weighted by Gasteiger charge is -2.33. The molecule has 3 heterocycles. The maximum Gasteiger partial charge on any atom is 0.131 e. The normalized spacial score (nSPS) is 18.7. The van der Waals surface area contributed by atoms with Crippen LogP contribution in [0, 0.1) is 11.3 Å². The van der Waals surface area contributed by atoms with E-state index in [0.717, 1.165) is 45.2 Å². The lowest BCUT2D eigenvalue weighted by Crippen LogP contribution is -2.45. The van der Waals surface area contributed by atoms with Crippen molar-refractivity contribution in [3.63, 3.8) is 0 Å². The van der Waals surface area contributed by atoms with E-state index < -0.39 is 0 Å². The van der Waals surface area contributed by atoms with Gasteiger partial charge in [0.15, 0.2) is 0 Å². The third kappa shape index (κ3) is 5.13. The third-order valence-corrected chi connectivity index (χ3v) is 11.7. The number of hydrogen-bond donors (Lipinski definition) is 2. The van der Waals surface area contributed by atoms with Crippen LogP contribution in [0.25, 0.3) is 53.1 Å². The van der Waals surface area contributed by atoms with E-state index in [1.54, 1.807) is 0 Å². The van der Waals surface area contributed by atoms with E-state index in [0.29, 0.717) is 5.56 Å². The zero-order valence-electron chi connectivity index (χ0n) is 28.2. The van der Waals surface area contributed by atoms with Crippen molar-refractivity contribution in [2.24, 2.45) is 4.99 Å². The number of aromatic nitrogens is 1. The number of hydrogen-bond acceptors (Lipinski definition) is 5. The summed E-state index contributed by atoms with van der Waals surface area (Å²) in [6.45, 7) is 0. The zero-order chi connectivity index (χ0) is 34.6. The first-order chi connectivity index (χ1) is 25.7. The molecular formula is C46H33N5S. The number of benzene rings is 6. The summed E-state index contributed by atoms with van der Waals surface area (Å²) in [5, 5.41) is 22.1. The molecule has 0 bridgehead atoms. The topological polar surface area (TPSA) is 65.1 Å². The van der Waals surface area contributed by atoms with Crippen molar-refractivity contribution in [2.45, 2.75) is 24.8 Å². The van der Waals surface area contributed by atoms with Crippen LogP contribution in [0.2, 0.25) is 0 Å². The molecule has 5 nitrogen and oxygen atoms in total. The molecule has 0 radical (unpaired) electrons. The van der Waals surface area contributed by atoms with Crippen LogP contribution in [0.1, 0.15) is 41.5 Å². The van der Waals surface area contributed by atoms with Crippen LogP contribution in [-0.4, -0.2) is 10.4 Å². The Morgan fingerprint density at radius 1 is 0.712 bits per heavy atom. The van der Waals surface area contributed by atoms with Gasteiger partial charge in [0.1, 0.15) is 18.2 Å². The maximum absolute atomic E-state index is 9.82. The van der Waals surface area contributed by atoms with Crippen LogP contribution < -0.4 is 10.6 Å². The predicted molar refractivity (Wildman–Crippen MR) is 215 cm³/mol. The number of amidine groups is 1. The van der Waals surface area contributed by atoms with Crippen molar-refractivity contribution in [2.75, 3.05) is 0 Å². The first-order valence-corrected chi connectivity index (χ1v) is 18.5. The molecule has 2 aliphatic rings. The molecule has 0 amide bonds. The molecule has 0 fully saturated rings. The summed E-state index contributed by atoms with van der Waals surface area (Å²) in [5.74, 6) is 0.885. The van der Waals surface area contributed by atoms with Crippen molar-refractivity contribution in [1.29, 1.82) is 5.26 Å². The number of nitriles is 1. The minimum Gasteiger partial charge on any atom is -0.350 e. The number of aliphatic imine (C=N–C) groups is 1. The van der Waals surface area contributed by atoms with E-state index in [-0.39, 0.29) is 18.4 Å². The summed E-state index contributed by atoms with van der Waals surface area (Å²) in [6, 6.07) is 51.6. The zero-order valence-corrected chi connectivity index (χ0v) is 29.0. The molecular weight excluding hydrogens is 655 g/mol. The van der Waals surface area contributed by atoms with Crippen molar-refractivity contribution in [3.05, 3.63) is 180 Å². The quantitative estimate of drug-likeness (QED) is 0.189. The van der Waals surface area contributed by atoms with Crippen LogP contribution >= 0.6 is 11.3 Å². The van der Waals surface area contributed by atoms with E-state index in [4.69, 9.17) is 4.99 Å². The third-order valence-electron chi connectivity index (χ3n) is 10.4. The molecule has 2 aromatic heterocycles. The molecule has 0 saturated heterocycles.